The molecular weight excluding hydrogens is 629 g/mol. The minimum Gasteiger partial charge on any atom is -0.282 e. The molecule has 0 aliphatic rings. The smallest absolute Gasteiger partial charge is 0.282 e. The van der Waals surface area contributed by atoms with Gasteiger partial charge in [-0.3, -0.25) is 9.11 Å². The lowest BCUT2D eigenvalue weighted by Crippen LogP contribution is -2.13. The second-order valence-electron chi connectivity index (χ2n) is 12.5. The van der Waals surface area contributed by atoms with E-state index in [1.54, 1.807) is 0 Å². The molecule has 5 aromatic rings. The van der Waals surface area contributed by atoms with Gasteiger partial charge in [-0.05, 0) is 139 Å². The largest absolute Gasteiger partial charge is 0.294 e. The summed E-state index contributed by atoms with van der Waals surface area (Å²) in [4.78, 5) is -1.19. The van der Waals surface area contributed by atoms with Crippen LogP contribution in [-0.2, 0) is 33.1 Å². The van der Waals surface area contributed by atoms with Crippen molar-refractivity contribution in [3.63, 3.8) is 0 Å². The third-order valence-electron chi connectivity index (χ3n) is 9.30. The fourth-order valence-electron chi connectivity index (χ4n) is 6.52. The first-order chi connectivity index (χ1) is 22.0. The SMILES string of the molecule is Cc1cc(C(c2ccc(Cc3c(C)cccc3C)c(C)c2)c2ccc(S(=O)(=O)O)cc2S(=O)(=O)O)ccc1Cc1c(C)cccc1C. The summed E-state index contributed by atoms with van der Waals surface area (Å²) in [5.74, 6) is -0.678. The predicted molar refractivity (Wildman–Crippen MR) is 187 cm³/mol. The fraction of sp³-hybridized carbons (Fsp3) is 0.231. The number of hydrogen-bond acceptors (Lipinski definition) is 4. The van der Waals surface area contributed by atoms with E-state index in [2.05, 4.69) is 52.0 Å². The van der Waals surface area contributed by atoms with Crippen LogP contribution in [0, 0.1) is 41.5 Å². The molecule has 2 N–H and O–H groups in total. The summed E-state index contributed by atoms with van der Waals surface area (Å²) >= 11 is 0. The van der Waals surface area contributed by atoms with Crippen LogP contribution in [0.15, 0.2) is 101 Å². The molecular formula is C39H40O6S2. The van der Waals surface area contributed by atoms with Crippen LogP contribution in [0.25, 0.3) is 0 Å². The highest BCUT2D eigenvalue weighted by molar-refractivity contribution is 7.86. The maximum atomic E-state index is 12.8. The molecule has 0 saturated carbocycles. The van der Waals surface area contributed by atoms with Crippen LogP contribution in [0.3, 0.4) is 0 Å². The van der Waals surface area contributed by atoms with E-state index in [1.165, 1.54) is 39.4 Å². The summed E-state index contributed by atoms with van der Waals surface area (Å²) < 4.78 is 69.5. The second kappa shape index (κ2) is 13.2. The van der Waals surface area contributed by atoms with Gasteiger partial charge in [0.25, 0.3) is 20.2 Å². The quantitative estimate of drug-likeness (QED) is 0.121. The average Bonchev–Trinajstić information content (AvgIpc) is 2.98. The predicted octanol–water partition coefficient (Wildman–Crippen LogP) is 8.39. The molecule has 0 spiro atoms. The van der Waals surface area contributed by atoms with Crippen molar-refractivity contribution < 1.29 is 25.9 Å². The highest BCUT2D eigenvalue weighted by Gasteiger charge is 2.28. The first-order valence-electron chi connectivity index (χ1n) is 15.4. The van der Waals surface area contributed by atoms with Gasteiger partial charge in [0.05, 0.1) is 9.79 Å². The Balaban J connectivity index is 1.67. The van der Waals surface area contributed by atoms with Crippen molar-refractivity contribution in [3.8, 4) is 0 Å². The Morgan fingerprint density at radius 2 is 0.936 bits per heavy atom. The van der Waals surface area contributed by atoms with Gasteiger partial charge in [0.2, 0.25) is 0 Å². The van der Waals surface area contributed by atoms with Gasteiger partial charge in [-0.2, -0.15) is 16.8 Å². The molecule has 0 saturated heterocycles. The highest BCUT2D eigenvalue weighted by Crippen LogP contribution is 2.39. The van der Waals surface area contributed by atoms with Crippen LogP contribution in [0.4, 0.5) is 0 Å². The molecule has 0 radical (unpaired) electrons. The van der Waals surface area contributed by atoms with Crippen molar-refractivity contribution in [3.05, 3.63) is 163 Å². The van der Waals surface area contributed by atoms with Gasteiger partial charge in [0, 0.05) is 5.92 Å². The van der Waals surface area contributed by atoms with E-state index in [0.29, 0.717) is 0 Å². The molecule has 244 valence electrons. The van der Waals surface area contributed by atoms with E-state index in [4.69, 9.17) is 0 Å². The summed E-state index contributed by atoms with van der Waals surface area (Å²) in [6.45, 7) is 12.4. The molecule has 0 aliphatic carbocycles. The van der Waals surface area contributed by atoms with Crippen LogP contribution in [0.2, 0.25) is 0 Å². The van der Waals surface area contributed by atoms with Gasteiger partial charge < -0.3 is 0 Å². The van der Waals surface area contributed by atoms with Gasteiger partial charge in [-0.25, -0.2) is 0 Å². The van der Waals surface area contributed by atoms with Crippen molar-refractivity contribution in [2.45, 2.75) is 70.1 Å². The molecule has 0 atom stereocenters. The third-order valence-corrected chi connectivity index (χ3v) is 11.1. The van der Waals surface area contributed by atoms with E-state index in [9.17, 15) is 25.9 Å². The van der Waals surface area contributed by atoms with Crippen molar-refractivity contribution in [2.75, 3.05) is 0 Å². The average molecular weight is 669 g/mol. The lowest BCUT2D eigenvalue weighted by Gasteiger charge is -2.24. The maximum Gasteiger partial charge on any atom is 0.294 e. The number of aryl methyl sites for hydroxylation is 6. The van der Waals surface area contributed by atoms with Crippen LogP contribution in [0.1, 0.15) is 78.2 Å². The Labute approximate surface area is 278 Å². The first kappa shape index (κ1) is 34.3. The summed E-state index contributed by atoms with van der Waals surface area (Å²) in [6.07, 6.45) is 1.47. The van der Waals surface area contributed by atoms with Crippen molar-refractivity contribution in [1.29, 1.82) is 0 Å². The number of hydrogen-bond donors (Lipinski definition) is 2. The fourth-order valence-corrected chi connectivity index (χ4v) is 7.86. The molecule has 0 fully saturated rings. The Morgan fingerprint density at radius 1 is 0.511 bits per heavy atom. The topological polar surface area (TPSA) is 109 Å². The summed E-state index contributed by atoms with van der Waals surface area (Å²) in [5.41, 5.74) is 13.4. The van der Waals surface area contributed by atoms with E-state index in [1.807, 2.05) is 62.4 Å². The summed E-state index contributed by atoms with van der Waals surface area (Å²) in [5, 5.41) is 0. The Kier molecular flexibility index (Phi) is 9.62. The maximum absolute atomic E-state index is 12.8. The summed E-state index contributed by atoms with van der Waals surface area (Å²) in [7, 11) is -9.62. The third kappa shape index (κ3) is 7.41. The zero-order valence-corrected chi connectivity index (χ0v) is 29.1. The normalized spacial score (nSPS) is 12.1. The van der Waals surface area contributed by atoms with Crippen molar-refractivity contribution >= 4 is 20.2 Å². The molecule has 5 aromatic carbocycles. The molecule has 8 heteroatoms. The molecule has 47 heavy (non-hydrogen) atoms. The van der Waals surface area contributed by atoms with Crippen LogP contribution in [-0.4, -0.2) is 25.9 Å². The van der Waals surface area contributed by atoms with Crippen LogP contribution in [0.5, 0.6) is 0 Å². The Morgan fingerprint density at radius 3 is 1.30 bits per heavy atom. The van der Waals surface area contributed by atoms with Crippen LogP contribution >= 0.6 is 0 Å². The minimum atomic E-state index is -4.89. The van der Waals surface area contributed by atoms with Gasteiger partial charge in [0.1, 0.15) is 0 Å². The Hall–Kier alpha value is -4.08. The van der Waals surface area contributed by atoms with Gasteiger partial charge >= 0.3 is 0 Å². The van der Waals surface area contributed by atoms with E-state index < -0.39 is 35.9 Å². The minimum absolute atomic E-state index is 0.198. The highest BCUT2D eigenvalue weighted by atomic mass is 32.2. The first-order valence-corrected chi connectivity index (χ1v) is 18.3. The molecule has 6 nitrogen and oxygen atoms in total. The number of rotatable bonds is 9. The molecule has 0 aromatic heterocycles. The second-order valence-corrected chi connectivity index (χ2v) is 15.4. The summed E-state index contributed by atoms with van der Waals surface area (Å²) in [6, 6.07) is 27.9. The molecule has 0 bridgehead atoms. The molecule has 0 amide bonds. The molecule has 0 heterocycles. The number of benzene rings is 5. The zero-order chi connectivity index (χ0) is 34.3. The van der Waals surface area contributed by atoms with Crippen LogP contribution < -0.4 is 0 Å². The monoisotopic (exact) mass is 668 g/mol. The van der Waals surface area contributed by atoms with E-state index >= 15 is 0 Å². The molecule has 0 aliphatic heterocycles. The van der Waals surface area contributed by atoms with Gasteiger partial charge in [-0.15, -0.1) is 0 Å². The van der Waals surface area contributed by atoms with Gasteiger partial charge in [-0.1, -0.05) is 78.9 Å². The van der Waals surface area contributed by atoms with E-state index in [0.717, 1.165) is 58.4 Å². The molecule has 5 rings (SSSR count). The van der Waals surface area contributed by atoms with Crippen molar-refractivity contribution in [1.82, 2.24) is 0 Å². The van der Waals surface area contributed by atoms with E-state index in [-0.39, 0.29) is 5.56 Å². The van der Waals surface area contributed by atoms with Crippen molar-refractivity contribution in [2.24, 2.45) is 0 Å². The Bertz CT molecular complexity index is 2070. The standard InChI is InChI=1S/C39H40O6S2/c1-24-9-7-10-25(2)36(24)21-30-13-15-32(19-28(30)5)39(35-18-17-34(46(40,41)42)23-38(35)47(43,44)45)33-16-14-31(29(6)20-33)22-37-26(3)11-8-12-27(37)4/h7-20,23,39H,21-22H2,1-6H3,(H,40,41,42)(H,43,44,45). The lowest BCUT2D eigenvalue weighted by atomic mass is 9.82. The zero-order valence-electron chi connectivity index (χ0n) is 27.5. The molecule has 0 unspecified atom stereocenters. The lowest BCUT2D eigenvalue weighted by molar-refractivity contribution is 0.480. The van der Waals surface area contributed by atoms with Gasteiger partial charge in [0.15, 0.2) is 0 Å².